The Labute approximate surface area is 223 Å². The number of amides is 1. The molecular weight excluding hydrogens is 510 g/mol. The lowest BCUT2D eigenvalue weighted by Crippen LogP contribution is -2.37. The van der Waals surface area contributed by atoms with E-state index in [0.717, 1.165) is 41.5 Å². The molecule has 2 heterocycles. The van der Waals surface area contributed by atoms with Gasteiger partial charge in [0.2, 0.25) is 10.0 Å². The maximum atomic E-state index is 13.8. The number of hydrogen-bond acceptors (Lipinski definition) is 7. The van der Waals surface area contributed by atoms with Crippen LogP contribution in [0.2, 0.25) is 0 Å². The van der Waals surface area contributed by atoms with Crippen molar-refractivity contribution in [3.05, 3.63) is 47.5 Å². The summed E-state index contributed by atoms with van der Waals surface area (Å²) in [7, 11) is -2.02. The minimum Gasteiger partial charge on any atom is -0.494 e. The van der Waals surface area contributed by atoms with E-state index in [1.807, 2.05) is 32.9 Å². The van der Waals surface area contributed by atoms with E-state index in [1.165, 1.54) is 27.8 Å². The molecule has 1 aliphatic heterocycles. The fourth-order valence-electron chi connectivity index (χ4n) is 4.54. The van der Waals surface area contributed by atoms with Gasteiger partial charge in [-0.05, 0) is 68.5 Å². The van der Waals surface area contributed by atoms with Crippen LogP contribution in [0.5, 0.6) is 5.75 Å². The predicted octanol–water partition coefficient (Wildman–Crippen LogP) is 5.25. The lowest BCUT2D eigenvalue weighted by Gasteiger charge is -2.23. The van der Waals surface area contributed by atoms with Crippen molar-refractivity contribution in [2.45, 2.75) is 57.5 Å². The van der Waals surface area contributed by atoms with E-state index in [1.54, 1.807) is 24.1 Å². The van der Waals surface area contributed by atoms with Crippen LogP contribution in [0.25, 0.3) is 10.2 Å². The van der Waals surface area contributed by atoms with Crippen molar-refractivity contribution in [2.75, 3.05) is 38.3 Å². The first kappa shape index (κ1) is 27.5. The minimum atomic E-state index is -3.62. The molecule has 2 aromatic carbocycles. The van der Waals surface area contributed by atoms with Crippen molar-refractivity contribution in [3.8, 4) is 5.75 Å². The van der Waals surface area contributed by atoms with Gasteiger partial charge in [-0.1, -0.05) is 31.3 Å². The Bertz CT molecular complexity index is 1330. The number of rotatable bonds is 11. The molecule has 10 heteroatoms. The predicted molar refractivity (Wildman–Crippen MR) is 147 cm³/mol. The summed E-state index contributed by atoms with van der Waals surface area (Å²) in [6.45, 7) is 7.91. The van der Waals surface area contributed by atoms with Crippen molar-refractivity contribution in [2.24, 2.45) is 0 Å². The molecule has 200 valence electrons. The van der Waals surface area contributed by atoms with Crippen molar-refractivity contribution in [1.82, 2.24) is 9.29 Å². The molecule has 1 aromatic heterocycles. The molecular formula is C27H35N3O5S2. The molecule has 0 saturated carbocycles. The monoisotopic (exact) mass is 545 g/mol. The van der Waals surface area contributed by atoms with Crippen LogP contribution in [0, 0.1) is 6.92 Å². The van der Waals surface area contributed by atoms with Crippen LogP contribution in [0.4, 0.5) is 5.13 Å². The van der Waals surface area contributed by atoms with Gasteiger partial charge < -0.3 is 9.47 Å². The topological polar surface area (TPSA) is 89.0 Å². The Balaban J connectivity index is 1.68. The first-order valence-electron chi connectivity index (χ1n) is 12.8. The number of carbonyl (C=O) groups is 1. The lowest BCUT2D eigenvalue weighted by atomic mass is 10.2. The normalized spacial score (nSPS) is 16.0. The van der Waals surface area contributed by atoms with Gasteiger partial charge in [-0.15, -0.1) is 0 Å². The number of thiazole rings is 1. The molecule has 4 rings (SSSR count). The quantitative estimate of drug-likeness (QED) is 0.327. The van der Waals surface area contributed by atoms with Crippen LogP contribution in [0.3, 0.4) is 0 Å². The highest BCUT2D eigenvalue weighted by Gasteiger charge is 2.29. The van der Waals surface area contributed by atoms with Crippen molar-refractivity contribution in [3.63, 3.8) is 0 Å². The summed E-state index contributed by atoms with van der Waals surface area (Å²) < 4.78 is 40.2. The first-order valence-corrected chi connectivity index (χ1v) is 15.0. The van der Waals surface area contributed by atoms with Gasteiger partial charge in [-0.2, -0.15) is 4.31 Å². The molecule has 37 heavy (non-hydrogen) atoms. The van der Waals surface area contributed by atoms with Crippen LogP contribution < -0.4 is 9.64 Å². The lowest BCUT2D eigenvalue weighted by molar-refractivity contribution is 0.0917. The number of aryl methyl sites for hydroxylation is 1. The van der Waals surface area contributed by atoms with Crippen LogP contribution in [0.1, 0.15) is 55.5 Å². The number of nitrogens with zero attached hydrogens (tertiary/aromatic N) is 3. The number of carbonyl (C=O) groups excluding carboxylic acids is 1. The number of hydrogen-bond donors (Lipinski definition) is 0. The molecule has 0 bridgehead atoms. The van der Waals surface area contributed by atoms with Crippen LogP contribution >= 0.6 is 11.3 Å². The number of methoxy groups -OCH3 is 1. The van der Waals surface area contributed by atoms with Crippen LogP contribution in [-0.2, 0) is 14.8 Å². The number of sulfonamides is 1. The molecule has 0 radical (unpaired) electrons. The maximum Gasteiger partial charge on any atom is 0.260 e. The molecule has 1 aliphatic rings. The molecule has 0 N–H and O–H groups in total. The zero-order valence-electron chi connectivity index (χ0n) is 21.9. The van der Waals surface area contributed by atoms with Gasteiger partial charge in [0.1, 0.15) is 11.3 Å². The molecule has 8 nitrogen and oxygen atoms in total. The zero-order chi connectivity index (χ0) is 26.6. The summed E-state index contributed by atoms with van der Waals surface area (Å²) in [4.78, 5) is 20.4. The SMILES string of the molecule is CCCN(CCC)S(=O)(=O)c1ccc(C(=O)N(CC2CCCO2)c2nc3c(OC)ccc(C)c3s2)cc1. The van der Waals surface area contributed by atoms with Gasteiger partial charge in [-0.3, -0.25) is 9.69 Å². The molecule has 0 aliphatic carbocycles. The van der Waals surface area contributed by atoms with E-state index in [-0.39, 0.29) is 16.9 Å². The highest BCUT2D eigenvalue weighted by atomic mass is 32.2. The van der Waals surface area contributed by atoms with Gasteiger partial charge in [0.15, 0.2) is 5.13 Å². The van der Waals surface area contributed by atoms with E-state index in [2.05, 4.69) is 0 Å². The summed E-state index contributed by atoms with van der Waals surface area (Å²) in [6, 6.07) is 10.1. The maximum absolute atomic E-state index is 13.8. The van der Waals surface area contributed by atoms with Gasteiger partial charge in [0.05, 0.1) is 29.4 Å². The van der Waals surface area contributed by atoms with E-state index in [4.69, 9.17) is 14.5 Å². The molecule has 1 fully saturated rings. The van der Waals surface area contributed by atoms with Gasteiger partial charge in [-0.25, -0.2) is 13.4 Å². The fourth-order valence-corrected chi connectivity index (χ4v) is 7.23. The molecule has 1 saturated heterocycles. The Morgan fingerprint density at radius 3 is 2.43 bits per heavy atom. The average Bonchev–Trinajstić information content (AvgIpc) is 3.58. The van der Waals surface area contributed by atoms with Crippen molar-refractivity contribution < 1.29 is 22.7 Å². The van der Waals surface area contributed by atoms with E-state index in [9.17, 15) is 13.2 Å². The third-order valence-corrected chi connectivity index (χ3v) is 9.61. The summed E-state index contributed by atoms with van der Waals surface area (Å²) in [5.41, 5.74) is 2.18. The Hall–Kier alpha value is -2.53. The smallest absolute Gasteiger partial charge is 0.260 e. The molecule has 1 atom stereocenters. The molecule has 1 unspecified atom stereocenters. The summed E-state index contributed by atoms with van der Waals surface area (Å²) in [5, 5.41) is 0.567. The Kier molecular flexibility index (Phi) is 8.84. The first-order chi connectivity index (χ1) is 17.8. The Morgan fingerprint density at radius 1 is 1.14 bits per heavy atom. The second kappa shape index (κ2) is 11.9. The molecule has 0 spiro atoms. The number of aromatic nitrogens is 1. The average molecular weight is 546 g/mol. The number of fused-ring (bicyclic) bond motifs is 1. The number of anilines is 1. The fraction of sp³-hybridized carbons (Fsp3) is 0.481. The molecule has 3 aromatic rings. The van der Waals surface area contributed by atoms with Crippen molar-refractivity contribution in [1.29, 1.82) is 0 Å². The second-order valence-corrected chi connectivity index (χ2v) is 12.2. The zero-order valence-corrected chi connectivity index (χ0v) is 23.5. The van der Waals surface area contributed by atoms with Gasteiger partial charge in [0.25, 0.3) is 5.91 Å². The van der Waals surface area contributed by atoms with Crippen molar-refractivity contribution >= 4 is 42.6 Å². The largest absolute Gasteiger partial charge is 0.494 e. The highest BCUT2D eigenvalue weighted by Crippen LogP contribution is 2.37. The van der Waals surface area contributed by atoms with Crippen LogP contribution in [0.15, 0.2) is 41.3 Å². The van der Waals surface area contributed by atoms with Gasteiger partial charge >= 0.3 is 0 Å². The number of ether oxygens (including phenoxy) is 2. The van der Waals surface area contributed by atoms with E-state index < -0.39 is 10.0 Å². The summed E-state index contributed by atoms with van der Waals surface area (Å²) in [6.07, 6.45) is 3.23. The summed E-state index contributed by atoms with van der Waals surface area (Å²) >= 11 is 1.45. The number of benzene rings is 2. The van der Waals surface area contributed by atoms with Gasteiger partial charge in [0, 0.05) is 25.3 Å². The highest BCUT2D eigenvalue weighted by molar-refractivity contribution is 7.89. The third-order valence-electron chi connectivity index (χ3n) is 6.48. The van der Waals surface area contributed by atoms with E-state index in [0.29, 0.717) is 42.7 Å². The minimum absolute atomic E-state index is 0.0738. The molecule has 1 amide bonds. The Morgan fingerprint density at radius 2 is 1.84 bits per heavy atom. The van der Waals surface area contributed by atoms with E-state index >= 15 is 0 Å². The summed E-state index contributed by atoms with van der Waals surface area (Å²) in [5.74, 6) is 0.417. The standard InChI is InChI=1S/C27H35N3O5S2/c1-5-15-29(16-6-2)37(32,33)22-12-10-20(11-13-22)26(31)30(18-21-8-7-17-35-21)27-28-24-23(34-4)14-9-19(3)25(24)36-27/h9-14,21H,5-8,15-18H2,1-4H3. The second-order valence-electron chi connectivity index (χ2n) is 9.24. The van der Waals surface area contributed by atoms with Crippen LogP contribution in [-0.4, -0.2) is 63.1 Å². The third kappa shape index (κ3) is 5.82.